The zero-order chi connectivity index (χ0) is 12.3. The summed E-state index contributed by atoms with van der Waals surface area (Å²) in [5, 5.41) is -0.319. The molecule has 17 heavy (non-hydrogen) atoms. The third-order valence-corrected chi connectivity index (χ3v) is 3.41. The summed E-state index contributed by atoms with van der Waals surface area (Å²) < 4.78 is 25.4. The van der Waals surface area contributed by atoms with Crippen LogP contribution >= 0.6 is 0 Å². The SMILES string of the molecule is Cc1ccc(OC2=CCC(S(=O)O)C=C2)cc1. The first-order valence-corrected chi connectivity index (χ1v) is 6.54. The van der Waals surface area contributed by atoms with Crippen LogP contribution in [0.1, 0.15) is 12.0 Å². The van der Waals surface area contributed by atoms with Crippen LogP contribution in [0, 0.1) is 6.92 Å². The predicted octanol–water partition coefficient (Wildman–Crippen LogP) is 2.81. The molecule has 2 unspecified atom stereocenters. The van der Waals surface area contributed by atoms with Crippen LogP contribution in [0.15, 0.2) is 48.3 Å². The lowest BCUT2D eigenvalue weighted by atomic mass is 10.1. The average molecular weight is 250 g/mol. The molecule has 1 aliphatic rings. The van der Waals surface area contributed by atoms with Gasteiger partial charge in [-0.2, -0.15) is 0 Å². The molecule has 0 spiro atoms. The van der Waals surface area contributed by atoms with Gasteiger partial charge in [-0.3, -0.25) is 0 Å². The van der Waals surface area contributed by atoms with Crippen molar-refractivity contribution in [3.8, 4) is 5.75 Å². The molecule has 1 aromatic rings. The van der Waals surface area contributed by atoms with Crippen molar-refractivity contribution in [1.29, 1.82) is 0 Å². The summed E-state index contributed by atoms with van der Waals surface area (Å²) in [5.74, 6) is 1.49. The Morgan fingerprint density at radius 3 is 2.59 bits per heavy atom. The standard InChI is InChI=1S/C13H14O3S/c1-10-2-4-11(5-3-10)16-12-6-8-13(9-7-12)17(14)15/h2-8,13H,9H2,1H3,(H,14,15). The second kappa shape index (κ2) is 5.29. The lowest BCUT2D eigenvalue weighted by Gasteiger charge is -2.13. The van der Waals surface area contributed by atoms with Gasteiger partial charge in [-0.1, -0.05) is 23.8 Å². The van der Waals surface area contributed by atoms with E-state index in [0.29, 0.717) is 6.42 Å². The third kappa shape index (κ3) is 3.28. The van der Waals surface area contributed by atoms with Crippen LogP contribution in [-0.4, -0.2) is 14.0 Å². The molecule has 0 saturated heterocycles. The minimum absolute atomic E-state index is 0.319. The first-order chi connectivity index (χ1) is 8.15. The summed E-state index contributed by atoms with van der Waals surface area (Å²) in [6.45, 7) is 2.02. The Kier molecular flexibility index (Phi) is 3.76. The van der Waals surface area contributed by atoms with Gasteiger partial charge in [0.25, 0.3) is 0 Å². The minimum atomic E-state index is -1.80. The largest absolute Gasteiger partial charge is 0.458 e. The summed E-state index contributed by atoms with van der Waals surface area (Å²) in [7, 11) is 0. The Morgan fingerprint density at radius 1 is 1.35 bits per heavy atom. The molecule has 0 aliphatic heterocycles. The van der Waals surface area contributed by atoms with Crippen LogP contribution in [0.2, 0.25) is 0 Å². The molecular formula is C13H14O3S. The van der Waals surface area contributed by atoms with E-state index in [9.17, 15) is 4.21 Å². The molecule has 1 N–H and O–H groups in total. The maximum absolute atomic E-state index is 10.8. The van der Waals surface area contributed by atoms with Crippen LogP contribution in [-0.2, 0) is 11.1 Å². The maximum atomic E-state index is 10.8. The Hall–Kier alpha value is -1.39. The molecular weight excluding hydrogens is 236 g/mol. The number of hydrogen-bond donors (Lipinski definition) is 1. The number of benzene rings is 1. The molecule has 0 bridgehead atoms. The van der Waals surface area contributed by atoms with Gasteiger partial charge in [0.15, 0.2) is 11.1 Å². The van der Waals surface area contributed by atoms with E-state index in [2.05, 4.69) is 0 Å². The van der Waals surface area contributed by atoms with E-state index in [0.717, 1.165) is 11.5 Å². The summed E-state index contributed by atoms with van der Waals surface area (Å²) in [4.78, 5) is 0. The van der Waals surface area contributed by atoms with E-state index < -0.39 is 11.1 Å². The molecule has 4 heteroatoms. The van der Waals surface area contributed by atoms with Crippen LogP contribution in [0.5, 0.6) is 5.75 Å². The zero-order valence-corrected chi connectivity index (χ0v) is 10.3. The molecule has 2 atom stereocenters. The van der Waals surface area contributed by atoms with Crippen molar-refractivity contribution in [2.24, 2.45) is 0 Å². The molecule has 2 rings (SSSR count). The summed E-state index contributed by atoms with van der Waals surface area (Å²) >= 11 is -1.80. The van der Waals surface area contributed by atoms with E-state index >= 15 is 0 Å². The van der Waals surface area contributed by atoms with Gasteiger partial charge in [0.1, 0.15) is 11.5 Å². The molecule has 1 aromatic carbocycles. The molecule has 0 aromatic heterocycles. The van der Waals surface area contributed by atoms with Crippen molar-refractivity contribution in [2.45, 2.75) is 18.6 Å². The average Bonchev–Trinajstić information content (AvgIpc) is 2.33. The number of ether oxygens (including phenoxy) is 1. The van der Waals surface area contributed by atoms with Gasteiger partial charge in [-0.05, 0) is 37.6 Å². The van der Waals surface area contributed by atoms with Crippen LogP contribution in [0.3, 0.4) is 0 Å². The van der Waals surface area contributed by atoms with Gasteiger partial charge in [-0.15, -0.1) is 0 Å². The van der Waals surface area contributed by atoms with Gasteiger partial charge < -0.3 is 9.29 Å². The first-order valence-electron chi connectivity index (χ1n) is 5.38. The Labute approximate surface area is 103 Å². The van der Waals surface area contributed by atoms with Crippen LogP contribution < -0.4 is 4.74 Å². The second-order valence-electron chi connectivity index (χ2n) is 3.93. The number of rotatable bonds is 3. The van der Waals surface area contributed by atoms with E-state index in [-0.39, 0.29) is 5.25 Å². The Balaban J connectivity index is 2.00. The zero-order valence-electron chi connectivity index (χ0n) is 9.50. The lowest BCUT2D eigenvalue weighted by molar-refractivity contribution is 0.438. The fourth-order valence-corrected chi connectivity index (χ4v) is 2.02. The molecule has 0 radical (unpaired) electrons. The lowest BCUT2D eigenvalue weighted by Crippen LogP contribution is -2.13. The topological polar surface area (TPSA) is 46.5 Å². The quantitative estimate of drug-likeness (QED) is 0.839. The summed E-state index contributed by atoms with van der Waals surface area (Å²) in [5.41, 5.74) is 1.18. The van der Waals surface area contributed by atoms with Crippen molar-refractivity contribution >= 4 is 11.1 Å². The summed E-state index contributed by atoms with van der Waals surface area (Å²) in [6, 6.07) is 7.77. The van der Waals surface area contributed by atoms with Crippen LogP contribution in [0.4, 0.5) is 0 Å². The van der Waals surface area contributed by atoms with Crippen molar-refractivity contribution in [1.82, 2.24) is 0 Å². The highest BCUT2D eigenvalue weighted by atomic mass is 32.2. The number of allylic oxidation sites excluding steroid dienone is 2. The van der Waals surface area contributed by atoms with E-state index in [1.807, 2.05) is 37.3 Å². The van der Waals surface area contributed by atoms with E-state index in [1.165, 1.54) is 5.56 Å². The Bertz CT molecular complexity index is 474. The molecule has 0 amide bonds. The molecule has 0 saturated carbocycles. The Morgan fingerprint density at radius 2 is 2.06 bits per heavy atom. The van der Waals surface area contributed by atoms with Crippen molar-refractivity contribution < 1.29 is 13.5 Å². The van der Waals surface area contributed by atoms with E-state index in [1.54, 1.807) is 12.2 Å². The highest BCUT2D eigenvalue weighted by Crippen LogP contribution is 2.19. The van der Waals surface area contributed by atoms with Crippen molar-refractivity contribution in [3.05, 3.63) is 53.8 Å². The molecule has 0 fully saturated rings. The molecule has 0 heterocycles. The van der Waals surface area contributed by atoms with Crippen molar-refractivity contribution in [2.75, 3.05) is 0 Å². The summed E-state index contributed by atoms with van der Waals surface area (Å²) in [6.07, 6.45) is 5.81. The second-order valence-corrected chi connectivity index (χ2v) is 5.09. The van der Waals surface area contributed by atoms with Gasteiger partial charge >= 0.3 is 0 Å². The van der Waals surface area contributed by atoms with Gasteiger partial charge in [-0.25, -0.2) is 4.21 Å². The molecule has 1 aliphatic carbocycles. The van der Waals surface area contributed by atoms with Crippen molar-refractivity contribution in [3.63, 3.8) is 0 Å². The number of hydrogen-bond acceptors (Lipinski definition) is 2. The normalized spacial score (nSPS) is 20.8. The van der Waals surface area contributed by atoms with Gasteiger partial charge in [0.2, 0.25) is 0 Å². The smallest absolute Gasteiger partial charge is 0.160 e. The molecule has 90 valence electrons. The van der Waals surface area contributed by atoms with Crippen LogP contribution in [0.25, 0.3) is 0 Å². The fraction of sp³-hybridized carbons (Fsp3) is 0.231. The highest BCUT2D eigenvalue weighted by molar-refractivity contribution is 7.80. The highest BCUT2D eigenvalue weighted by Gasteiger charge is 2.14. The van der Waals surface area contributed by atoms with Gasteiger partial charge in [0.05, 0.1) is 5.25 Å². The monoisotopic (exact) mass is 250 g/mol. The van der Waals surface area contributed by atoms with Gasteiger partial charge in [0, 0.05) is 0 Å². The number of aryl methyl sites for hydroxylation is 1. The predicted molar refractivity (Wildman–Crippen MR) is 68.2 cm³/mol. The molecule has 3 nitrogen and oxygen atoms in total. The maximum Gasteiger partial charge on any atom is 0.160 e. The minimum Gasteiger partial charge on any atom is -0.458 e. The van der Waals surface area contributed by atoms with E-state index in [4.69, 9.17) is 9.29 Å². The fourth-order valence-electron chi connectivity index (χ4n) is 1.55. The first kappa shape index (κ1) is 12.1. The third-order valence-electron chi connectivity index (χ3n) is 2.54.